The molecule has 0 aliphatic heterocycles. The van der Waals surface area contributed by atoms with E-state index in [0.717, 1.165) is 32.0 Å². The average molecular weight is 323 g/mol. The van der Waals surface area contributed by atoms with Crippen molar-refractivity contribution >= 4 is 0 Å². The summed E-state index contributed by atoms with van der Waals surface area (Å²) in [5.41, 5.74) is 2.53. The van der Waals surface area contributed by atoms with E-state index in [4.69, 9.17) is 9.47 Å². The van der Waals surface area contributed by atoms with Crippen LogP contribution in [0.3, 0.4) is 0 Å². The number of ether oxygens (including phenoxy) is 2. The Morgan fingerprint density at radius 2 is 1.61 bits per heavy atom. The molecule has 0 unspecified atom stereocenters. The topological polar surface area (TPSA) is 18.5 Å². The lowest BCUT2D eigenvalue weighted by Gasteiger charge is -2.22. The average Bonchev–Trinajstić information content (AvgIpc) is 2.54. The van der Waals surface area contributed by atoms with Crippen molar-refractivity contribution in [3.63, 3.8) is 0 Å². The Balaban J connectivity index is 0.000000501. The highest BCUT2D eigenvalue weighted by molar-refractivity contribution is 5.20. The summed E-state index contributed by atoms with van der Waals surface area (Å²) in [5, 5.41) is 0. The number of benzene rings is 1. The van der Waals surface area contributed by atoms with Gasteiger partial charge in [-0.3, -0.25) is 0 Å². The molecule has 2 rings (SSSR count). The van der Waals surface area contributed by atoms with Crippen molar-refractivity contribution in [2.75, 3.05) is 20.3 Å². The second-order valence-electron chi connectivity index (χ2n) is 5.94. The summed E-state index contributed by atoms with van der Waals surface area (Å²) in [5.74, 6) is 1.12. The second kappa shape index (κ2) is 16.0. The highest BCUT2D eigenvalue weighted by Crippen LogP contribution is 2.28. The van der Waals surface area contributed by atoms with Gasteiger partial charge in [-0.1, -0.05) is 76.3 Å². The van der Waals surface area contributed by atoms with E-state index >= 15 is 0 Å². The zero-order chi connectivity index (χ0) is 17.3. The highest BCUT2D eigenvalue weighted by atomic mass is 16.5. The molecule has 1 fully saturated rings. The molecule has 2 nitrogen and oxygen atoms in total. The molecule has 0 bridgehead atoms. The van der Waals surface area contributed by atoms with Crippen LogP contribution in [-0.2, 0) is 16.1 Å². The molecule has 1 aromatic carbocycles. The van der Waals surface area contributed by atoms with E-state index in [9.17, 15) is 0 Å². The number of aryl methyl sites for hydroxylation is 1. The predicted molar refractivity (Wildman–Crippen MR) is 101 cm³/mol. The van der Waals surface area contributed by atoms with Gasteiger partial charge in [0.2, 0.25) is 0 Å². The van der Waals surface area contributed by atoms with Gasteiger partial charge < -0.3 is 9.47 Å². The van der Waals surface area contributed by atoms with E-state index in [2.05, 4.69) is 38.1 Å². The summed E-state index contributed by atoms with van der Waals surface area (Å²) in [6.07, 6.45) is 8.08. The summed E-state index contributed by atoms with van der Waals surface area (Å²) < 4.78 is 10.5. The number of hydrogen-bond donors (Lipinski definition) is 0. The van der Waals surface area contributed by atoms with E-state index in [0.29, 0.717) is 6.61 Å². The molecule has 1 saturated carbocycles. The third kappa shape index (κ3) is 12.3. The van der Waals surface area contributed by atoms with E-state index < -0.39 is 0 Å². The van der Waals surface area contributed by atoms with E-state index in [1.807, 2.05) is 13.8 Å². The lowest BCUT2D eigenvalue weighted by atomic mass is 9.84. The molecule has 0 aromatic heterocycles. The van der Waals surface area contributed by atoms with Gasteiger partial charge in [0.05, 0.1) is 6.61 Å². The van der Waals surface area contributed by atoms with Crippen molar-refractivity contribution in [2.45, 2.75) is 72.8 Å². The molecule has 0 saturated heterocycles. The van der Waals surface area contributed by atoms with Crippen LogP contribution in [0.4, 0.5) is 0 Å². The first-order valence-electron chi connectivity index (χ1n) is 9.38. The largest absolute Gasteiger partial charge is 0.385 e. The normalized spacial score (nSPS) is 13.3. The number of methoxy groups -OCH3 is 1. The molecular weight excluding hydrogens is 284 g/mol. The molecule has 1 aliphatic rings. The minimum Gasteiger partial charge on any atom is -0.385 e. The van der Waals surface area contributed by atoms with Gasteiger partial charge in [0.25, 0.3) is 0 Å². The molecular formula is C21H38O2. The standard InChI is InChI=1S/C13H20O2.C6H12.C2H6/c1-12-5-7-13(8-6-12)11-15-10-4-3-9-14-2;1-2-6-4-3-5-6;1-2/h5-8H,3-4,9-11H2,1-2H3;6H,2-5H2,1H3;1-2H3. The molecule has 0 N–H and O–H groups in total. The van der Waals surface area contributed by atoms with Crippen molar-refractivity contribution in [1.29, 1.82) is 0 Å². The summed E-state index contributed by atoms with van der Waals surface area (Å²) in [6, 6.07) is 8.46. The zero-order valence-electron chi connectivity index (χ0n) is 16.1. The third-order valence-corrected chi connectivity index (χ3v) is 4.08. The lowest BCUT2D eigenvalue weighted by Crippen LogP contribution is -2.08. The monoisotopic (exact) mass is 322 g/mol. The molecule has 0 radical (unpaired) electrons. The van der Waals surface area contributed by atoms with Gasteiger partial charge in [0.15, 0.2) is 0 Å². The van der Waals surface area contributed by atoms with Gasteiger partial charge in [0.1, 0.15) is 0 Å². The Morgan fingerprint density at radius 3 is 2.04 bits per heavy atom. The fourth-order valence-corrected chi connectivity index (χ4v) is 2.23. The minimum absolute atomic E-state index is 0.716. The summed E-state index contributed by atoms with van der Waals surface area (Å²) in [7, 11) is 1.73. The number of hydrogen-bond acceptors (Lipinski definition) is 2. The van der Waals surface area contributed by atoms with Crippen LogP contribution in [0, 0.1) is 12.8 Å². The molecule has 134 valence electrons. The first-order chi connectivity index (χ1) is 11.3. The van der Waals surface area contributed by atoms with Crippen LogP contribution < -0.4 is 0 Å². The molecule has 23 heavy (non-hydrogen) atoms. The van der Waals surface area contributed by atoms with Crippen LogP contribution in [-0.4, -0.2) is 20.3 Å². The molecule has 1 aliphatic carbocycles. The van der Waals surface area contributed by atoms with Crippen molar-refractivity contribution < 1.29 is 9.47 Å². The van der Waals surface area contributed by atoms with Crippen LogP contribution in [0.15, 0.2) is 24.3 Å². The van der Waals surface area contributed by atoms with Gasteiger partial charge in [-0.05, 0) is 31.2 Å². The number of unbranched alkanes of at least 4 members (excludes halogenated alkanes) is 1. The Bertz CT molecular complexity index is 339. The smallest absolute Gasteiger partial charge is 0.0716 e. The maximum absolute atomic E-state index is 5.55. The molecule has 0 spiro atoms. The van der Waals surface area contributed by atoms with Crippen LogP contribution >= 0.6 is 0 Å². The van der Waals surface area contributed by atoms with Crippen molar-refractivity contribution in [1.82, 2.24) is 0 Å². The van der Waals surface area contributed by atoms with Crippen molar-refractivity contribution in [3.8, 4) is 0 Å². The molecule has 0 atom stereocenters. The maximum atomic E-state index is 5.55. The van der Waals surface area contributed by atoms with Crippen molar-refractivity contribution in [2.24, 2.45) is 5.92 Å². The second-order valence-corrected chi connectivity index (χ2v) is 5.94. The Kier molecular flexibility index (Phi) is 15.4. The van der Waals surface area contributed by atoms with Crippen LogP contribution in [0.5, 0.6) is 0 Å². The summed E-state index contributed by atoms with van der Waals surface area (Å²) in [4.78, 5) is 0. The first-order valence-corrected chi connectivity index (χ1v) is 9.38. The fraction of sp³-hybridized carbons (Fsp3) is 0.714. The van der Waals surface area contributed by atoms with Gasteiger partial charge in [0, 0.05) is 20.3 Å². The first kappa shape index (κ1) is 22.1. The molecule has 1 aromatic rings. The fourth-order valence-electron chi connectivity index (χ4n) is 2.23. The Labute approximate surface area is 144 Å². The summed E-state index contributed by atoms with van der Waals surface area (Å²) >= 11 is 0. The Hall–Kier alpha value is -0.860. The molecule has 0 amide bonds. The van der Waals surface area contributed by atoms with Gasteiger partial charge >= 0.3 is 0 Å². The molecule has 0 heterocycles. The van der Waals surface area contributed by atoms with Gasteiger partial charge in [-0.2, -0.15) is 0 Å². The predicted octanol–water partition coefficient (Wildman–Crippen LogP) is 6.16. The van der Waals surface area contributed by atoms with Crippen LogP contribution in [0.2, 0.25) is 0 Å². The van der Waals surface area contributed by atoms with E-state index in [1.54, 1.807) is 7.11 Å². The zero-order valence-corrected chi connectivity index (χ0v) is 16.1. The highest BCUT2D eigenvalue weighted by Gasteiger charge is 2.13. The number of rotatable bonds is 8. The van der Waals surface area contributed by atoms with E-state index in [-0.39, 0.29) is 0 Å². The van der Waals surface area contributed by atoms with Crippen LogP contribution in [0.25, 0.3) is 0 Å². The SMILES string of the molecule is CC.CCC1CCC1.COCCCCOCc1ccc(C)cc1. The van der Waals surface area contributed by atoms with Crippen LogP contribution in [0.1, 0.15) is 70.4 Å². The lowest BCUT2D eigenvalue weighted by molar-refractivity contribution is 0.108. The third-order valence-electron chi connectivity index (χ3n) is 4.08. The Morgan fingerprint density at radius 1 is 1.00 bits per heavy atom. The van der Waals surface area contributed by atoms with Gasteiger partial charge in [-0.25, -0.2) is 0 Å². The van der Waals surface area contributed by atoms with Gasteiger partial charge in [-0.15, -0.1) is 0 Å². The maximum Gasteiger partial charge on any atom is 0.0716 e. The summed E-state index contributed by atoms with van der Waals surface area (Å²) in [6.45, 7) is 10.7. The van der Waals surface area contributed by atoms with E-state index in [1.165, 1.54) is 36.8 Å². The quantitative estimate of drug-likeness (QED) is 0.533. The minimum atomic E-state index is 0.716. The molecule has 2 heteroatoms. The van der Waals surface area contributed by atoms with Crippen molar-refractivity contribution in [3.05, 3.63) is 35.4 Å².